The van der Waals surface area contributed by atoms with Crippen molar-refractivity contribution >= 4 is 16.7 Å². The van der Waals surface area contributed by atoms with E-state index in [4.69, 9.17) is 9.47 Å². The van der Waals surface area contributed by atoms with E-state index >= 15 is 0 Å². The number of aromatic amines is 1. The van der Waals surface area contributed by atoms with Crippen LogP contribution >= 0.6 is 0 Å². The zero-order valence-corrected chi connectivity index (χ0v) is 13.3. The molecule has 5 heteroatoms. The van der Waals surface area contributed by atoms with Crippen LogP contribution in [0.3, 0.4) is 0 Å². The van der Waals surface area contributed by atoms with Crippen LogP contribution in [0.15, 0.2) is 18.2 Å². The highest BCUT2D eigenvalue weighted by Crippen LogP contribution is 2.37. The molecule has 0 amide bonds. The van der Waals surface area contributed by atoms with Crippen molar-refractivity contribution in [1.82, 2.24) is 10.3 Å². The number of benzene rings is 1. The Morgan fingerprint density at radius 1 is 1.36 bits per heavy atom. The molecule has 118 valence electrons. The lowest BCUT2D eigenvalue weighted by Gasteiger charge is -2.37. The first-order valence-electron chi connectivity index (χ1n) is 7.52. The van der Waals surface area contributed by atoms with Crippen molar-refractivity contribution in [3.05, 3.63) is 29.5 Å². The van der Waals surface area contributed by atoms with Gasteiger partial charge < -0.3 is 19.8 Å². The standard InChI is InChI=1S/C17H22N2O3/c1-11(20)9-17(10-21-2)16-13(6-7-18-17)14-8-12(22-3)4-5-15(14)19-16/h4-5,8,18-19H,6-7,9-10H2,1-3H3. The second kappa shape index (κ2) is 5.74. The summed E-state index contributed by atoms with van der Waals surface area (Å²) in [4.78, 5) is 15.3. The summed E-state index contributed by atoms with van der Waals surface area (Å²) in [5, 5.41) is 4.67. The zero-order valence-electron chi connectivity index (χ0n) is 13.3. The lowest BCUT2D eigenvalue weighted by atomic mass is 9.83. The molecule has 2 N–H and O–H groups in total. The van der Waals surface area contributed by atoms with E-state index in [1.54, 1.807) is 21.1 Å². The fourth-order valence-corrected chi connectivity index (χ4v) is 3.53. The predicted octanol–water partition coefficient (Wildman–Crippen LogP) is 2.14. The van der Waals surface area contributed by atoms with Crippen LogP contribution in [0, 0.1) is 0 Å². The molecule has 0 spiro atoms. The maximum Gasteiger partial charge on any atom is 0.132 e. The molecule has 0 saturated heterocycles. The van der Waals surface area contributed by atoms with Crippen molar-refractivity contribution in [2.24, 2.45) is 0 Å². The largest absolute Gasteiger partial charge is 0.497 e. The second-order valence-electron chi connectivity index (χ2n) is 5.96. The first-order chi connectivity index (χ1) is 10.6. The quantitative estimate of drug-likeness (QED) is 0.888. The summed E-state index contributed by atoms with van der Waals surface area (Å²) in [5.41, 5.74) is 2.92. The van der Waals surface area contributed by atoms with E-state index in [1.807, 2.05) is 12.1 Å². The molecule has 2 heterocycles. The minimum atomic E-state index is -0.472. The molecule has 0 aliphatic carbocycles. The fraction of sp³-hybridized carbons (Fsp3) is 0.471. The summed E-state index contributed by atoms with van der Waals surface area (Å²) in [6, 6.07) is 6.03. The molecule has 1 unspecified atom stereocenters. The molecule has 0 radical (unpaired) electrons. The Kier molecular flexibility index (Phi) is 3.93. The molecule has 1 aromatic carbocycles. The average Bonchev–Trinajstić information content (AvgIpc) is 2.86. The predicted molar refractivity (Wildman–Crippen MR) is 85.4 cm³/mol. The smallest absolute Gasteiger partial charge is 0.132 e. The Hall–Kier alpha value is -1.85. The minimum absolute atomic E-state index is 0.147. The van der Waals surface area contributed by atoms with Gasteiger partial charge in [-0.15, -0.1) is 0 Å². The summed E-state index contributed by atoms with van der Waals surface area (Å²) in [6.45, 7) is 2.91. The Morgan fingerprint density at radius 2 is 2.18 bits per heavy atom. The van der Waals surface area contributed by atoms with Crippen LogP contribution < -0.4 is 10.1 Å². The Labute approximate surface area is 130 Å². The highest BCUT2D eigenvalue weighted by molar-refractivity contribution is 5.87. The van der Waals surface area contributed by atoms with Crippen LogP contribution in [-0.2, 0) is 21.5 Å². The number of H-pyrrole nitrogens is 1. The van der Waals surface area contributed by atoms with Gasteiger partial charge in [-0.25, -0.2) is 0 Å². The maximum atomic E-state index is 11.8. The zero-order chi connectivity index (χ0) is 15.7. The molecule has 5 nitrogen and oxygen atoms in total. The van der Waals surface area contributed by atoms with Crippen molar-refractivity contribution in [3.8, 4) is 5.75 Å². The topological polar surface area (TPSA) is 63.3 Å². The second-order valence-corrected chi connectivity index (χ2v) is 5.96. The van der Waals surface area contributed by atoms with Gasteiger partial charge in [-0.2, -0.15) is 0 Å². The number of aromatic nitrogens is 1. The van der Waals surface area contributed by atoms with Gasteiger partial charge in [0.05, 0.1) is 19.3 Å². The maximum absolute atomic E-state index is 11.8. The van der Waals surface area contributed by atoms with Crippen molar-refractivity contribution in [2.75, 3.05) is 27.4 Å². The monoisotopic (exact) mass is 302 g/mol. The molecule has 1 aromatic heterocycles. The van der Waals surface area contributed by atoms with Crippen molar-refractivity contribution in [1.29, 1.82) is 0 Å². The Bertz CT molecular complexity index is 707. The number of rotatable bonds is 5. The number of carbonyl (C=O) groups excluding carboxylic acids is 1. The van der Waals surface area contributed by atoms with Gasteiger partial charge in [-0.3, -0.25) is 4.79 Å². The van der Waals surface area contributed by atoms with E-state index in [-0.39, 0.29) is 5.78 Å². The SMILES string of the molecule is COCC1(CC(C)=O)NCCc2c1[nH]c1ccc(OC)cc21. The fourth-order valence-electron chi connectivity index (χ4n) is 3.53. The lowest BCUT2D eigenvalue weighted by Crippen LogP contribution is -2.51. The van der Waals surface area contributed by atoms with E-state index in [1.165, 1.54) is 10.9 Å². The molecule has 1 atom stereocenters. The molecule has 0 saturated carbocycles. The molecule has 1 aliphatic heterocycles. The number of Topliss-reactive ketones (excluding diaryl/α,β-unsaturated/α-hetero) is 1. The Morgan fingerprint density at radius 3 is 2.86 bits per heavy atom. The van der Waals surface area contributed by atoms with Gasteiger partial charge in [-0.1, -0.05) is 0 Å². The van der Waals surface area contributed by atoms with Gasteiger partial charge in [0.1, 0.15) is 11.5 Å². The molecular weight excluding hydrogens is 280 g/mol. The third-order valence-electron chi connectivity index (χ3n) is 4.37. The Balaban J connectivity index is 2.17. The van der Waals surface area contributed by atoms with Crippen LogP contribution in [0.1, 0.15) is 24.6 Å². The van der Waals surface area contributed by atoms with Gasteiger partial charge in [-0.05, 0) is 37.1 Å². The lowest BCUT2D eigenvalue weighted by molar-refractivity contribution is -0.119. The summed E-state index contributed by atoms with van der Waals surface area (Å²) in [7, 11) is 3.34. The first-order valence-corrected chi connectivity index (χ1v) is 7.52. The molecule has 22 heavy (non-hydrogen) atoms. The van der Waals surface area contributed by atoms with E-state index < -0.39 is 5.54 Å². The third-order valence-corrected chi connectivity index (χ3v) is 4.37. The number of hydrogen-bond acceptors (Lipinski definition) is 4. The summed E-state index contributed by atoms with van der Waals surface area (Å²) < 4.78 is 10.8. The van der Waals surface area contributed by atoms with Gasteiger partial charge >= 0.3 is 0 Å². The highest BCUT2D eigenvalue weighted by Gasteiger charge is 2.39. The molecular formula is C17H22N2O3. The first kappa shape index (κ1) is 15.1. The number of ether oxygens (including phenoxy) is 2. The number of carbonyl (C=O) groups is 1. The normalized spacial score (nSPS) is 20.9. The summed E-state index contributed by atoms with van der Waals surface area (Å²) in [6.07, 6.45) is 1.34. The van der Waals surface area contributed by atoms with Gasteiger partial charge in [0.2, 0.25) is 0 Å². The molecule has 2 aromatic rings. The van der Waals surface area contributed by atoms with Crippen LogP contribution in [0.25, 0.3) is 10.9 Å². The molecule has 0 fully saturated rings. The summed E-state index contributed by atoms with van der Waals surface area (Å²) in [5.74, 6) is 0.991. The van der Waals surface area contributed by atoms with Gasteiger partial charge in [0, 0.05) is 36.7 Å². The van der Waals surface area contributed by atoms with Crippen LogP contribution in [0.2, 0.25) is 0 Å². The minimum Gasteiger partial charge on any atom is -0.497 e. The van der Waals surface area contributed by atoms with Gasteiger partial charge in [0.15, 0.2) is 0 Å². The number of fused-ring (bicyclic) bond motifs is 3. The van der Waals surface area contributed by atoms with E-state index in [9.17, 15) is 4.79 Å². The van der Waals surface area contributed by atoms with Crippen molar-refractivity contribution in [2.45, 2.75) is 25.3 Å². The number of methoxy groups -OCH3 is 2. The van der Waals surface area contributed by atoms with Crippen LogP contribution in [-0.4, -0.2) is 38.1 Å². The number of ketones is 1. The molecule has 1 aliphatic rings. The van der Waals surface area contributed by atoms with Crippen LogP contribution in [0.4, 0.5) is 0 Å². The van der Waals surface area contributed by atoms with Gasteiger partial charge in [0.25, 0.3) is 0 Å². The average molecular weight is 302 g/mol. The molecule has 0 bridgehead atoms. The van der Waals surface area contributed by atoms with E-state index in [2.05, 4.69) is 16.4 Å². The van der Waals surface area contributed by atoms with E-state index in [0.717, 1.165) is 29.9 Å². The number of nitrogens with one attached hydrogen (secondary N) is 2. The number of hydrogen-bond donors (Lipinski definition) is 2. The molecule has 3 rings (SSSR count). The van der Waals surface area contributed by atoms with E-state index in [0.29, 0.717) is 13.0 Å². The van der Waals surface area contributed by atoms with Crippen molar-refractivity contribution in [3.63, 3.8) is 0 Å². The third kappa shape index (κ3) is 2.40. The summed E-state index contributed by atoms with van der Waals surface area (Å²) >= 11 is 0. The highest BCUT2D eigenvalue weighted by atomic mass is 16.5. The van der Waals surface area contributed by atoms with Crippen LogP contribution in [0.5, 0.6) is 5.75 Å². The van der Waals surface area contributed by atoms with Crippen molar-refractivity contribution < 1.29 is 14.3 Å².